The molecule has 9 heteroatoms. The van der Waals surface area contributed by atoms with E-state index in [1.807, 2.05) is 13.8 Å². The maximum Gasteiger partial charge on any atom is 0.416 e. The molecule has 0 bridgehead atoms. The summed E-state index contributed by atoms with van der Waals surface area (Å²) < 4.78 is 38.8. The standard InChI is InChI=1S/C22H20F3N3O2S/c1-3-28(4-2)21(30)15-8-6-10-17(12-15)26-19(29)18-13-31-20(27-18)14-7-5-9-16(11-14)22(23,24)25/h5-13H,3-4H2,1-2H3,(H,26,29). The predicted molar refractivity (Wildman–Crippen MR) is 114 cm³/mol. The number of benzene rings is 2. The number of carbonyl (C=O) groups excluding carboxylic acids is 2. The van der Waals surface area contributed by atoms with E-state index in [2.05, 4.69) is 10.3 Å². The van der Waals surface area contributed by atoms with Gasteiger partial charge in [0.05, 0.1) is 5.56 Å². The Hall–Kier alpha value is -3.20. The lowest BCUT2D eigenvalue weighted by Gasteiger charge is -2.18. The lowest BCUT2D eigenvalue weighted by Crippen LogP contribution is -2.30. The zero-order valence-electron chi connectivity index (χ0n) is 16.9. The van der Waals surface area contributed by atoms with E-state index in [4.69, 9.17) is 0 Å². The molecule has 0 aliphatic rings. The summed E-state index contributed by atoms with van der Waals surface area (Å²) in [6.45, 7) is 4.92. The van der Waals surface area contributed by atoms with Crippen molar-refractivity contribution in [3.05, 3.63) is 70.7 Å². The Bertz CT molecular complexity index is 1090. The third-order valence-corrected chi connectivity index (χ3v) is 5.48. The van der Waals surface area contributed by atoms with E-state index in [9.17, 15) is 22.8 Å². The summed E-state index contributed by atoms with van der Waals surface area (Å²) >= 11 is 1.08. The molecule has 5 nitrogen and oxygen atoms in total. The van der Waals surface area contributed by atoms with Gasteiger partial charge in [0.2, 0.25) is 0 Å². The number of halogens is 3. The maximum absolute atomic E-state index is 12.9. The Morgan fingerprint density at radius 2 is 1.77 bits per heavy atom. The highest BCUT2D eigenvalue weighted by molar-refractivity contribution is 7.13. The molecule has 2 aromatic carbocycles. The molecule has 31 heavy (non-hydrogen) atoms. The topological polar surface area (TPSA) is 62.3 Å². The van der Waals surface area contributed by atoms with Gasteiger partial charge in [-0.2, -0.15) is 13.2 Å². The minimum absolute atomic E-state index is 0.0814. The van der Waals surface area contributed by atoms with E-state index in [0.29, 0.717) is 29.3 Å². The number of thiazole rings is 1. The molecule has 0 fully saturated rings. The van der Waals surface area contributed by atoms with Gasteiger partial charge in [-0.3, -0.25) is 9.59 Å². The largest absolute Gasteiger partial charge is 0.416 e. The molecule has 1 aromatic heterocycles. The highest BCUT2D eigenvalue weighted by Gasteiger charge is 2.30. The number of amides is 2. The van der Waals surface area contributed by atoms with Gasteiger partial charge in [0.1, 0.15) is 10.7 Å². The van der Waals surface area contributed by atoms with Crippen LogP contribution < -0.4 is 5.32 Å². The summed E-state index contributed by atoms with van der Waals surface area (Å²) in [7, 11) is 0. The minimum atomic E-state index is -4.46. The fourth-order valence-corrected chi connectivity index (χ4v) is 3.75. The lowest BCUT2D eigenvalue weighted by atomic mass is 10.1. The van der Waals surface area contributed by atoms with E-state index in [1.165, 1.54) is 17.5 Å². The molecule has 162 valence electrons. The van der Waals surface area contributed by atoms with Gasteiger partial charge in [0, 0.05) is 35.3 Å². The Labute approximate surface area is 181 Å². The first-order valence-corrected chi connectivity index (χ1v) is 10.4. The van der Waals surface area contributed by atoms with Gasteiger partial charge in [-0.05, 0) is 44.2 Å². The van der Waals surface area contributed by atoms with Gasteiger partial charge in [-0.25, -0.2) is 4.98 Å². The Morgan fingerprint density at radius 3 is 2.45 bits per heavy atom. The first kappa shape index (κ1) is 22.5. The van der Waals surface area contributed by atoms with Crippen LogP contribution in [0.1, 0.15) is 40.3 Å². The second kappa shape index (κ2) is 9.30. The van der Waals surface area contributed by atoms with Crippen LogP contribution in [-0.4, -0.2) is 34.8 Å². The van der Waals surface area contributed by atoms with Gasteiger partial charge >= 0.3 is 6.18 Å². The van der Waals surface area contributed by atoms with Crippen molar-refractivity contribution >= 4 is 28.8 Å². The molecular weight excluding hydrogens is 427 g/mol. The van der Waals surface area contributed by atoms with E-state index < -0.39 is 17.6 Å². The second-order valence-corrected chi connectivity index (χ2v) is 7.49. The highest BCUT2D eigenvalue weighted by atomic mass is 32.1. The smallest absolute Gasteiger partial charge is 0.339 e. The van der Waals surface area contributed by atoms with Crippen molar-refractivity contribution in [3.63, 3.8) is 0 Å². The van der Waals surface area contributed by atoms with Crippen molar-refractivity contribution < 1.29 is 22.8 Å². The van der Waals surface area contributed by atoms with Gasteiger partial charge in [-0.1, -0.05) is 18.2 Å². The summed E-state index contributed by atoms with van der Waals surface area (Å²) in [4.78, 5) is 30.9. The van der Waals surface area contributed by atoms with Crippen molar-refractivity contribution in [3.8, 4) is 10.6 Å². The first-order chi connectivity index (χ1) is 14.7. The second-order valence-electron chi connectivity index (χ2n) is 6.63. The third-order valence-electron chi connectivity index (χ3n) is 4.59. The molecule has 0 atom stereocenters. The number of aromatic nitrogens is 1. The van der Waals surface area contributed by atoms with Crippen LogP contribution in [0.3, 0.4) is 0 Å². The van der Waals surface area contributed by atoms with Crippen molar-refractivity contribution in [1.29, 1.82) is 0 Å². The van der Waals surface area contributed by atoms with Crippen LogP contribution in [0.15, 0.2) is 53.9 Å². The maximum atomic E-state index is 12.9. The number of hydrogen-bond donors (Lipinski definition) is 1. The summed E-state index contributed by atoms with van der Waals surface area (Å²) in [5.41, 5.74) is 0.463. The average Bonchev–Trinajstić information content (AvgIpc) is 3.25. The molecule has 1 N–H and O–H groups in total. The number of nitrogens with zero attached hydrogens (tertiary/aromatic N) is 2. The molecule has 0 saturated carbocycles. The highest BCUT2D eigenvalue weighted by Crippen LogP contribution is 2.33. The minimum Gasteiger partial charge on any atom is -0.339 e. The molecule has 0 saturated heterocycles. The summed E-state index contributed by atoms with van der Waals surface area (Å²) in [5, 5.41) is 4.47. The third kappa shape index (κ3) is 5.29. The van der Waals surface area contributed by atoms with E-state index in [-0.39, 0.29) is 17.2 Å². The number of rotatable bonds is 6. The lowest BCUT2D eigenvalue weighted by molar-refractivity contribution is -0.137. The van der Waals surface area contributed by atoms with Crippen molar-refractivity contribution in [2.45, 2.75) is 20.0 Å². The molecule has 0 spiro atoms. The number of hydrogen-bond acceptors (Lipinski definition) is 4. The van der Waals surface area contributed by atoms with Crippen LogP contribution in [0.2, 0.25) is 0 Å². The molecule has 0 unspecified atom stereocenters. The van der Waals surface area contributed by atoms with E-state index in [0.717, 1.165) is 23.5 Å². The summed E-state index contributed by atoms with van der Waals surface area (Å²) in [6, 6.07) is 11.4. The van der Waals surface area contributed by atoms with Crippen molar-refractivity contribution in [1.82, 2.24) is 9.88 Å². The van der Waals surface area contributed by atoms with Crippen LogP contribution in [0.4, 0.5) is 18.9 Å². The molecule has 3 rings (SSSR count). The Kier molecular flexibility index (Phi) is 6.74. The Morgan fingerprint density at radius 1 is 1.06 bits per heavy atom. The molecule has 1 heterocycles. The predicted octanol–water partition coefficient (Wildman–Crippen LogP) is 5.56. The fraction of sp³-hybridized carbons (Fsp3) is 0.227. The fourth-order valence-electron chi connectivity index (χ4n) is 2.96. The van der Waals surface area contributed by atoms with Gasteiger partial charge in [-0.15, -0.1) is 11.3 Å². The number of carbonyl (C=O) groups is 2. The van der Waals surface area contributed by atoms with Gasteiger partial charge in [0.25, 0.3) is 11.8 Å². The van der Waals surface area contributed by atoms with Crippen molar-refractivity contribution in [2.75, 3.05) is 18.4 Å². The molecule has 0 aliphatic heterocycles. The average molecular weight is 447 g/mol. The number of nitrogens with one attached hydrogen (secondary N) is 1. The normalized spacial score (nSPS) is 11.3. The number of alkyl halides is 3. The van der Waals surface area contributed by atoms with E-state index in [1.54, 1.807) is 29.2 Å². The zero-order valence-corrected chi connectivity index (χ0v) is 17.7. The van der Waals surface area contributed by atoms with Crippen LogP contribution in [0.5, 0.6) is 0 Å². The van der Waals surface area contributed by atoms with Crippen LogP contribution >= 0.6 is 11.3 Å². The molecule has 2 amide bonds. The van der Waals surface area contributed by atoms with E-state index >= 15 is 0 Å². The summed E-state index contributed by atoms with van der Waals surface area (Å²) in [5.74, 6) is -0.650. The van der Waals surface area contributed by atoms with Gasteiger partial charge < -0.3 is 10.2 Å². The van der Waals surface area contributed by atoms with Gasteiger partial charge in [0.15, 0.2) is 0 Å². The van der Waals surface area contributed by atoms with Crippen molar-refractivity contribution in [2.24, 2.45) is 0 Å². The molecular formula is C22H20F3N3O2S. The number of anilines is 1. The Balaban J connectivity index is 1.77. The van der Waals surface area contributed by atoms with Crippen LogP contribution in [-0.2, 0) is 6.18 Å². The first-order valence-electron chi connectivity index (χ1n) is 9.56. The monoisotopic (exact) mass is 447 g/mol. The van der Waals surface area contributed by atoms with Crippen LogP contribution in [0.25, 0.3) is 10.6 Å². The quantitative estimate of drug-likeness (QED) is 0.538. The van der Waals surface area contributed by atoms with Crippen LogP contribution in [0, 0.1) is 0 Å². The zero-order chi connectivity index (χ0) is 22.6. The molecule has 0 aliphatic carbocycles. The SMILES string of the molecule is CCN(CC)C(=O)c1cccc(NC(=O)c2csc(-c3cccc(C(F)(F)F)c3)n2)c1. The summed E-state index contributed by atoms with van der Waals surface area (Å²) in [6.07, 6.45) is -4.46. The molecule has 3 aromatic rings. The molecule has 0 radical (unpaired) electrons.